The number of aromatic nitrogens is 1. The van der Waals surface area contributed by atoms with Crippen molar-refractivity contribution in [1.29, 1.82) is 0 Å². The monoisotopic (exact) mass is 391 g/mol. The van der Waals surface area contributed by atoms with Gasteiger partial charge < -0.3 is 14.6 Å². The van der Waals surface area contributed by atoms with Gasteiger partial charge in [0.15, 0.2) is 5.17 Å². The van der Waals surface area contributed by atoms with Crippen LogP contribution in [0.1, 0.15) is 5.56 Å². The van der Waals surface area contributed by atoms with Gasteiger partial charge in [0.1, 0.15) is 6.54 Å². The largest absolute Gasteiger partial charge is 0.468 e. The van der Waals surface area contributed by atoms with Crippen molar-refractivity contribution in [3.8, 4) is 0 Å². The number of aliphatic imine (C=N–C) groups is 1. The number of hydrogen-bond acceptors (Lipinski definition) is 5. The van der Waals surface area contributed by atoms with Gasteiger partial charge in [-0.05, 0) is 36.0 Å². The van der Waals surface area contributed by atoms with E-state index < -0.39 is 0 Å². The molecule has 0 atom stereocenters. The number of methoxy groups -OCH3 is 1. The molecule has 2 heterocycles. The van der Waals surface area contributed by atoms with Crippen LogP contribution < -0.4 is 5.32 Å². The number of carbonyl (C=O) groups excluding carboxylic acids is 2. The van der Waals surface area contributed by atoms with E-state index in [1.807, 2.05) is 71.4 Å². The summed E-state index contributed by atoms with van der Waals surface area (Å²) in [6.07, 6.45) is 3.68. The Morgan fingerprint density at radius 3 is 2.71 bits per heavy atom. The molecule has 0 saturated carbocycles. The van der Waals surface area contributed by atoms with Gasteiger partial charge in [-0.3, -0.25) is 9.59 Å². The zero-order valence-electron chi connectivity index (χ0n) is 15.1. The molecule has 6 nitrogen and oxygen atoms in total. The molecular formula is C21H17N3O3S. The van der Waals surface area contributed by atoms with Crippen LogP contribution in [0.2, 0.25) is 0 Å². The summed E-state index contributed by atoms with van der Waals surface area (Å²) in [5.74, 6) is -0.519. The number of ether oxygens (including phenoxy) is 1. The van der Waals surface area contributed by atoms with E-state index in [0.29, 0.717) is 10.1 Å². The lowest BCUT2D eigenvalue weighted by Gasteiger charge is -2.02. The van der Waals surface area contributed by atoms with Crippen molar-refractivity contribution in [3.05, 3.63) is 71.3 Å². The summed E-state index contributed by atoms with van der Waals surface area (Å²) in [6, 6.07) is 17.2. The van der Waals surface area contributed by atoms with Crippen molar-refractivity contribution >= 4 is 51.5 Å². The zero-order chi connectivity index (χ0) is 19.5. The Morgan fingerprint density at radius 2 is 1.93 bits per heavy atom. The van der Waals surface area contributed by atoms with Crippen molar-refractivity contribution in [3.63, 3.8) is 0 Å². The van der Waals surface area contributed by atoms with Gasteiger partial charge in [-0.1, -0.05) is 36.4 Å². The zero-order valence-corrected chi connectivity index (χ0v) is 15.9. The molecule has 0 aliphatic carbocycles. The summed E-state index contributed by atoms with van der Waals surface area (Å²) in [4.78, 5) is 29.1. The lowest BCUT2D eigenvalue weighted by atomic mass is 10.1. The number of para-hydroxylation sites is 2. The maximum atomic E-state index is 12.4. The van der Waals surface area contributed by atoms with Crippen LogP contribution in [0, 0.1) is 0 Å². The fraction of sp³-hybridized carbons (Fsp3) is 0.0952. The third-order valence-corrected chi connectivity index (χ3v) is 5.18. The fourth-order valence-corrected chi connectivity index (χ4v) is 3.80. The molecule has 1 aromatic heterocycles. The average Bonchev–Trinajstić information content (AvgIpc) is 3.23. The Bertz CT molecular complexity index is 1120. The molecule has 1 saturated heterocycles. The molecule has 0 unspecified atom stereocenters. The number of benzene rings is 2. The number of nitrogens with zero attached hydrogens (tertiary/aromatic N) is 2. The molecule has 1 aliphatic heterocycles. The van der Waals surface area contributed by atoms with Gasteiger partial charge in [0.05, 0.1) is 17.7 Å². The third-order valence-electron chi connectivity index (χ3n) is 4.27. The Labute approximate surface area is 165 Å². The summed E-state index contributed by atoms with van der Waals surface area (Å²) in [5, 5.41) is 4.30. The average molecular weight is 391 g/mol. The van der Waals surface area contributed by atoms with E-state index in [9.17, 15) is 9.59 Å². The molecule has 0 bridgehead atoms. The molecule has 1 aliphatic rings. The predicted molar refractivity (Wildman–Crippen MR) is 111 cm³/mol. The van der Waals surface area contributed by atoms with E-state index in [2.05, 4.69) is 10.3 Å². The maximum Gasteiger partial charge on any atom is 0.325 e. The van der Waals surface area contributed by atoms with E-state index in [0.717, 1.165) is 22.2 Å². The Morgan fingerprint density at radius 1 is 1.18 bits per heavy atom. The Kier molecular flexibility index (Phi) is 4.99. The molecule has 28 heavy (non-hydrogen) atoms. The number of nitrogens with one attached hydrogen (secondary N) is 1. The standard InChI is InChI=1S/C21H17N3O3S/c1-27-19(25)13-24-12-14(16-9-5-6-10-17(16)24)11-18-20(26)23-21(28-18)22-15-7-3-2-4-8-15/h2-12H,13H2,1H3,(H,22,23,26)/b18-11-. The van der Waals surface area contributed by atoms with Crippen LogP contribution in [-0.2, 0) is 20.9 Å². The number of amides is 1. The molecule has 0 spiro atoms. The van der Waals surface area contributed by atoms with Crippen LogP contribution >= 0.6 is 11.8 Å². The summed E-state index contributed by atoms with van der Waals surface area (Å²) in [5.41, 5.74) is 2.54. The van der Waals surface area contributed by atoms with Gasteiger partial charge in [0.2, 0.25) is 0 Å². The lowest BCUT2D eigenvalue weighted by molar-refractivity contribution is -0.141. The molecule has 7 heteroatoms. The van der Waals surface area contributed by atoms with Crippen LogP contribution in [0.4, 0.5) is 5.69 Å². The van der Waals surface area contributed by atoms with E-state index in [-0.39, 0.29) is 18.4 Å². The second-order valence-corrected chi connectivity index (χ2v) is 7.15. The van der Waals surface area contributed by atoms with Gasteiger partial charge in [-0.25, -0.2) is 4.99 Å². The number of rotatable bonds is 4. The number of fused-ring (bicyclic) bond motifs is 1. The molecule has 4 rings (SSSR count). The highest BCUT2D eigenvalue weighted by molar-refractivity contribution is 8.18. The summed E-state index contributed by atoms with van der Waals surface area (Å²) >= 11 is 1.29. The fourth-order valence-electron chi connectivity index (χ4n) is 2.97. The van der Waals surface area contributed by atoms with Gasteiger partial charge in [-0.2, -0.15) is 0 Å². The second kappa shape index (κ2) is 7.74. The van der Waals surface area contributed by atoms with Crippen LogP contribution in [0.3, 0.4) is 0 Å². The second-order valence-electron chi connectivity index (χ2n) is 6.12. The van der Waals surface area contributed by atoms with Gasteiger partial charge in [0.25, 0.3) is 5.91 Å². The van der Waals surface area contributed by atoms with Crippen molar-refractivity contribution < 1.29 is 14.3 Å². The number of thioether (sulfide) groups is 1. The van der Waals surface area contributed by atoms with Crippen molar-refractivity contribution in [2.75, 3.05) is 7.11 Å². The lowest BCUT2D eigenvalue weighted by Crippen LogP contribution is -2.19. The van der Waals surface area contributed by atoms with Gasteiger partial charge in [0, 0.05) is 22.7 Å². The highest BCUT2D eigenvalue weighted by Gasteiger charge is 2.24. The van der Waals surface area contributed by atoms with Crippen molar-refractivity contribution in [2.45, 2.75) is 6.54 Å². The summed E-state index contributed by atoms with van der Waals surface area (Å²) in [7, 11) is 1.37. The number of amidine groups is 1. The highest BCUT2D eigenvalue weighted by atomic mass is 32.2. The summed E-state index contributed by atoms with van der Waals surface area (Å²) < 4.78 is 6.60. The van der Waals surface area contributed by atoms with E-state index >= 15 is 0 Å². The quantitative estimate of drug-likeness (QED) is 0.544. The SMILES string of the molecule is COC(=O)Cn1cc(/C=C2\SC(=Nc3ccccc3)NC2=O)c2ccccc21. The van der Waals surface area contributed by atoms with Gasteiger partial charge >= 0.3 is 5.97 Å². The Balaban J connectivity index is 1.67. The van der Waals surface area contributed by atoms with E-state index in [4.69, 9.17) is 4.74 Å². The minimum absolute atomic E-state index is 0.111. The van der Waals surface area contributed by atoms with Crippen LogP contribution in [0.15, 0.2) is 70.7 Å². The molecule has 3 aromatic rings. The first-order chi connectivity index (χ1) is 13.6. The molecule has 1 N–H and O–H groups in total. The first-order valence-electron chi connectivity index (χ1n) is 8.63. The highest BCUT2D eigenvalue weighted by Crippen LogP contribution is 2.31. The molecule has 1 fully saturated rings. The molecule has 1 amide bonds. The van der Waals surface area contributed by atoms with Crippen LogP contribution in [0.25, 0.3) is 17.0 Å². The molecule has 140 valence electrons. The summed E-state index contributed by atoms with van der Waals surface area (Å²) in [6.45, 7) is 0.111. The minimum atomic E-state index is -0.328. The predicted octanol–water partition coefficient (Wildman–Crippen LogP) is 3.71. The maximum absolute atomic E-state index is 12.4. The van der Waals surface area contributed by atoms with Crippen LogP contribution in [0.5, 0.6) is 0 Å². The minimum Gasteiger partial charge on any atom is -0.468 e. The van der Waals surface area contributed by atoms with Crippen molar-refractivity contribution in [1.82, 2.24) is 9.88 Å². The normalized spacial score (nSPS) is 16.7. The number of esters is 1. The molecular weight excluding hydrogens is 374 g/mol. The first-order valence-corrected chi connectivity index (χ1v) is 9.45. The number of carbonyl (C=O) groups is 2. The number of hydrogen-bond donors (Lipinski definition) is 1. The topological polar surface area (TPSA) is 72.7 Å². The molecule has 0 radical (unpaired) electrons. The van der Waals surface area contributed by atoms with E-state index in [1.54, 1.807) is 0 Å². The first kappa shape index (κ1) is 18.1. The smallest absolute Gasteiger partial charge is 0.325 e. The Hall–Kier alpha value is -3.32. The van der Waals surface area contributed by atoms with Crippen LogP contribution in [-0.4, -0.2) is 28.7 Å². The van der Waals surface area contributed by atoms with E-state index in [1.165, 1.54) is 18.9 Å². The third kappa shape index (κ3) is 3.70. The van der Waals surface area contributed by atoms with Crippen molar-refractivity contribution in [2.24, 2.45) is 4.99 Å². The van der Waals surface area contributed by atoms with Gasteiger partial charge in [-0.15, -0.1) is 0 Å². The molecule has 2 aromatic carbocycles.